The van der Waals surface area contributed by atoms with Crippen molar-refractivity contribution < 1.29 is 19.1 Å². The maximum absolute atomic E-state index is 11.4. The average molecular weight is 388 g/mol. The van der Waals surface area contributed by atoms with Crippen LogP contribution in [0.1, 0.15) is 73.6 Å². The average Bonchev–Trinajstić information content (AvgIpc) is 3.17. The Balaban J connectivity index is 0.000000484. The fourth-order valence-electron chi connectivity index (χ4n) is 3.44. The predicted molar refractivity (Wildman–Crippen MR) is 109 cm³/mol. The number of ketones is 2. The molecule has 0 bridgehead atoms. The van der Waals surface area contributed by atoms with Crippen molar-refractivity contribution in [2.45, 2.75) is 79.7 Å². The van der Waals surface area contributed by atoms with Crippen LogP contribution in [-0.4, -0.2) is 36.5 Å². The monoisotopic (exact) mass is 387 g/mol. The highest BCUT2D eigenvalue weighted by atomic mass is 31.0. The molecule has 1 amide bonds. The minimum Gasteiger partial charge on any atom is -0.373 e. The fraction of sp³-hybridized carbons (Fsp3) is 0.850. The van der Waals surface area contributed by atoms with Gasteiger partial charge in [-0.15, -0.1) is 0 Å². The first-order valence-electron chi connectivity index (χ1n) is 9.81. The van der Waals surface area contributed by atoms with Crippen LogP contribution < -0.4 is 5.32 Å². The second kappa shape index (κ2) is 12.6. The highest BCUT2D eigenvalue weighted by molar-refractivity contribution is 7.39. The Labute approximate surface area is 161 Å². The predicted octanol–water partition coefficient (Wildman–Crippen LogP) is 4.38. The summed E-state index contributed by atoms with van der Waals surface area (Å²) in [5, 5.41) is 2.71. The van der Waals surface area contributed by atoms with Crippen LogP contribution in [0, 0.1) is 17.3 Å². The fourth-order valence-corrected chi connectivity index (χ4v) is 3.65. The van der Waals surface area contributed by atoms with E-state index in [1.165, 1.54) is 25.7 Å². The summed E-state index contributed by atoms with van der Waals surface area (Å²) in [6.07, 6.45) is 5.61. The lowest BCUT2D eigenvalue weighted by molar-refractivity contribution is -0.121. The zero-order valence-electron chi connectivity index (χ0n) is 17.4. The molecule has 26 heavy (non-hydrogen) atoms. The highest BCUT2D eigenvalue weighted by Crippen LogP contribution is 2.41. The molecule has 1 saturated heterocycles. The normalized spacial score (nSPS) is 22.0. The third kappa shape index (κ3) is 9.23. The number of hydrogen-bond donors (Lipinski definition) is 1. The number of amides is 1. The van der Waals surface area contributed by atoms with Crippen molar-refractivity contribution in [2.75, 3.05) is 13.2 Å². The molecule has 0 aromatic carbocycles. The maximum Gasteiger partial charge on any atom is 0.235 e. The highest BCUT2D eigenvalue weighted by Gasteiger charge is 2.33. The molecule has 1 aliphatic carbocycles. The van der Waals surface area contributed by atoms with E-state index in [0.29, 0.717) is 19.1 Å². The van der Waals surface area contributed by atoms with Gasteiger partial charge < -0.3 is 10.1 Å². The van der Waals surface area contributed by atoms with Gasteiger partial charge in [-0.25, -0.2) is 0 Å². The van der Waals surface area contributed by atoms with Crippen molar-refractivity contribution >= 4 is 26.5 Å². The number of hydrogen-bond acceptors (Lipinski definition) is 4. The van der Waals surface area contributed by atoms with E-state index >= 15 is 0 Å². The Morgan fingerprint density at radius 1 is 1.27 bits per heavy atom. The second-order valence-electron chi connectivity index (χ2n) is 7.73. The topological polar surface area (TPSA) is 72.5 Å². The molecule has 0 aromatic heterocycles. The van der Waals surface area contributed by atoms with Crippen LogP contribution in [0.5, 0.6) is 0 Å². The minimum absolute atomic E-state index is 0.0546. The van der Waals surface area contributed by atoms with Crippen molar-refractivity contribution in [1.82, 2.24) is 5.32 Å². The molecular formula is C20H38NO4P. The van der Waals surface area contributed by atoms with Gasteiger partial charge in [-0.3, -0.25) is 14.4 Å². The summed E-state index contributed by atoms with van der Waals surface area (Å²) in [5.41, 5.74) is 0.0421. The molecule has 2 rings (SSSR count). The van der Waals surface area contributed by atoms with Gasteiger partial charge in [0.15, 0.2) is 11.6 Å². The summed E-state index contributed by atoms with van der Waals surface area (Å²) in [7, 11) is 2.06. The molecule has 2 aliphatic rings. The lowest BCUT2D eigenvalue weighted by Gasteiger charge is -2.28. The van der Waals surface area contributed by atoms with Crippen molar-refractivity contribution in [3.8, 4) is 0 Å². The summed E-state index contributed by atoms with van der Waals surface area (Å²) in [4.78, 5) is 33.2. The Morgan fingerprint density at radius 3 is 2.12 bits per heavy atom. The van der Waals surface area contributed by atoms with Crippen molar-refractivity contribution in [2.24, 2.45) is 17.3 Å². The number of carbonyl (C=O) groups excluding carboxylic acids is 3. The summed E-state index contributed by atoms with van der Waals surface area (Å²) in [6.45, 7) is 12.8. The molecule has 3 atom stereocenters. The van der Waals surface area contributed by atoms with Crippen LogP contribution in [0.2, 0.25) is 0 Å². The van der Waals surface area contributed by atoms with Gasteiger partial charge in [0.2, 0.25) is 5.65 Å². The molecule has 5 nitrogen and oxygen atoms in total. The third-order valence-electron chi connectivity index (χ3n) is 5.07. The van der Waals surface area contributed by atoms with Crippen molar-refractivity contribution in [3.63, 3.8) is 0 Å². The van der Waals surface area contributed by atoms with Gasteiger partial charge in [0.05, 0.1) is 12.6 Å². The number of rotatable bonds is 5. The van der Waals surface area contributed by atoms with Crippen LogP contribution in [-0.2, 0) is 14.3 Å². The first-order valence-corrected chi connectivity index (χ1v) is 10.4. The van der Waals surface area contributed by atoms with Crippen molar-refractivity contribution in [1.29, 1.82) is 0 Å². The second-order valence-corrected chi connectivity index (χ2v) is 8.25. The van der Waals surface area contributed by atoms with Gasteiger partial charge in [0.1, 0.15) is 6.61 Å². The van der Waals surface area contributed by atoms with E-state index in [2.05, 4.69) is 35.3 Å². The summed E-state index contributed by atoms with van der Waals surface area (Å²) < 4.78 is 4.98. The zero-order valence-corrected chi connectivity index (χ0v) is 18.5. The number of nitrogens with one attached hydrogen (secondary N) is 1. The number of ether oxygens (including phenoxy) is 1. The molecular weight excluding hydrogens is 349 g/mol. The van der Waals surface area contributed by atoms with E-state index in [0.717, 1.165) is 6.42 Å². The lowest BCUT2D eigenvalue weighted by atomic mass is 9.81. The van der Waals surface area contributed by atoms with Gasteiger partial charge in [-0.2, -0.15) is 0 Å². The van der Waals surface area contributed by atoms with E-state index in [4.69, 9.17) is 4.74 Å². The standard InChI is InChI=1S/C11H20NO2P.C7H12O2.C2H6/c1-8(13)9(12-10(14)15)7-11(2)5-3-4-6-11;1-5(2)6-3-9-4-7(6)8;1-2/h9H,3-7,15H2,1-2H3,(H,12,14);5-6H,3-4H2,1-2H3;1-2H3/t9-;;/m0../s1. The van der Waals surface area contributed by atoms with Crippen LogP contribution in [0.15, 0.2) is 0 Å². The molecule has 0 aromatic rings. The maximum atomic E-state index is 11.4. The molecule has 1 N–H and O–H groups in total. The zero-order chi connectivity index (χ0) is 20.3. The molecule has 152 valence electrons. The van der Waals surface area contributed by atoms with E-state index < -0.39 is 0 Å². The summed E-state index contributed by atoms with van der Waals surface area (Å²) in [5.74, 6) is 0.939. The van der Waals surface area contributed by atoms with E-state index in [1.807, 2.05) is 13.8 Å². The molecule has 6 heteroatoms. The molecule has 1 saturated carbocycles. The SMILES string of the molecule is CC.CC(=O)[C@H](CC1(C)CCCC1)NC(=O)P.CC(C)C1COCC1=O. The molecule has 0 spiro atoms. The minimum atomic E-state index is -0.307. The molecule has 0 radical (unpaired) electrons. The number of Topliss-reactive ketones (excluding diaryl/α,β-unsaturated/α-hetero) is 2. The van der Waals surface area contributed by atoms with E-state index in [-0.39, 0.29) is 34.6 Å². The first-order chi connectivity index (χ1) is 12.1. The Hall–Kier alpha value is -0.800. The van der Waals surface area contributed by atoms with Gasteiger partial charge in [-0.1, -0.05) is 47.5 Å². The smallest absolute Gasteiger partial charge is 0.235 e. The van der Waals surface area contributed by atoms with Crippen molar-refractivity contribution in [3.05, 3.63) is 0 Å². The molecule has 2 unspecified atom stereocenters. The van der Waals surface area contributed by atoms with E-state index in [1.54, 1.807) is 6.92 Å². The van der Waals surface area contributed by atoms with Gasteiger partial charge in [-0.05, 0) is 46.8 Å². The molecule has 1 aliphatic heterocycles. The third-order valence-corrected chi connectivity index (χ3v) is 5.24. The van der Waals surface area contributed by atoms with E-state index in [9.17, 15) is 14.4 Å². The number of carbonyl (C=O) groups is 3. The van der Waals surface area contributed by atoms with Gasteiger partial charge >= 0.3 is 0 Å². The largest absolute Gasteiger partial charge is 0.373 e. The molecule has 1 heterocycles. The summed E-state index contributed by atoms with van der Waals surface area (Å²) in [6, 6.07) is -0.307. The molecule has 2 fully saturated rings. The van der Waals surface area contributed by atoms with Crippen LogP contribution in [0.3, 0.4) is 0 Å². The quantitative estimate of drug-likeness (QED) is 0.711. The van der Waals surface area contributed by atoms with Gasteiger partial charge in [0, 0.05) is 5.92 Å². The van der Waals surface area contributed by atoms with Crippen LogP contribution in [0.4, 0.5) is 4.79 Å². The Bertz CT molecular complexity index is 459. The lowest BCUT2D eigenvalue weighted by Crippen LogP contribution is -2.40. The van der Waals surface area contributed by atoms with Gasteiger partial charge in [0.25, 0.3) is 0 Å². The summed E-state index contributed by atoms with van der Waals surface area (Å²) >= 11 is 0. The Morgan fingerprint density at radius 2 is 1.81 bits per heavy atom. The Kier molecular flexibility index (Phi) is 12.2. The first kappa shape index (κ1) is 25.2. The van der Waals surface area contributed by atoms with Crippen LogP contribution >= 0.6 is 9.24 Å². The van der Waals surface area contributed by atoms with Crippen LogP contribution in [0.25, 0.3) is 0 Å².